The monoisotopic (exact) mass is 585 g/mol. The van der Waals surface area contributed by atoms with Crippen LogP contribution in [-0.2, 0) is 11.1 Å². The maximum Gasteiger partial charge on any atom is 0.250 e. The predicted molar refractivity (Wildman–Crippen MR) is 172 cm³/mol. The van der Waals surface area contributed by atoms with E-state index in [1.807, 2.05) is 99.2 Å². The third-order valence-corrected chi connectivity index (χ3v) is 8.84. The Morgan fingerprint density at radius 1 is 0.791 bits per heavy atom. The number of carbonyl (C=O) groups excluding carboxylic acids is 1. The van der Waals surface area contributed by atoms with E-state index in [1.54, 1.807) is 12.1 Å². The highest BCUT2D eigenvalue weighted by molar-refractivity contribution is 6.38. The number of imidazole rings is 1. The molecule has 5 aromatic carbocycles. The van der Waals surface area contributed by atoms with E-state index in [1.165, 1.54) is 0 Å². The Morgan fingerprint density at radius 3 is 1.81 bits per heavy atom. The smallest absolute Gasteiger partial charge is 0.250 e. The van der Waals surface area contributed by atoms with E-state index in [4.69, 9.17) is 22.3 Å². The van der Waals surface area contributed by atoms with Crippen molar-refractivity contribution >= 4 is 28.3 Å². The van der Waals surface area contributed by atoms with Crippen LogP contribution in [0.3, 0.4) is 0 Å². The zero-order valence-corrected chi connectivity index (χ0v) is 24.7. The number of rotatable bonds is 8. The molecular formula is C37H32ClN3O2. The van der Waals surface area contributed by atoms with Crippen LogP contribution in [-0.4, -0.2) is 20.6 Å². The molecule has 0 saturated heterocycles. The fourth-order valence-corrected chi connectivity index (χ4v) is 6.51. The molecule has 0 fully saturated rings. The van der Waals surface area contributed by atoms with E-state index in [0.29, 0.717) is 21.7 Å². The van der Waals surface area contributed by atoms with E-state index >= 15 is 0 Å². The SMILES string of the molecule is CC(C)C(O)(c1ccc2c(Cl)c(C(N)=O)ccc2c1)c1cn(C(c2ccccc2)(c2ccccc2)c2ccccc2)cn1. The van der Waals surface area contributed by atoms with Crippen LogP contribution in [0, 0.1) is 5.92 Å². The highest BCUT2D eigenvalue weighted by Gasteiger charge is 2.42. The first-order chi connectivity index (χ1) is 20.8. The van der Waals surface area contributed by atoms with E-state index in [2.05, 4.69) is 41.0 Å². The molecule has 1 unspecified atom stereocenters. The van der Waals surface area contributed by atoms with Crippen molar-refractivity contribution < 1.29 is 9.90 Å². The molecule has 1 amide bonds. The molecule has 1 heterocycles. The molecular weight excluding hydrogens is 554 g/mol. The van der Waals surface area contributed by atoms with Crippen molar-refractivity contribution in [2.75, 3.05) is 0 Å². The van der Waals surface area contributed by atoms with Crippen LogP contribution in [0.5, 0.6) is 0 Å². The molecule has 6 rings (SSSR count). The molecule has 0 aliphatic heterocycles. The molecule has 1 aromatic heterocycles. The quantitative estimate of drug-likeness (QED) is 0.181. The lowest BCUT2D eigenvalue weighted by Gasteiger charge is -2.37. The number of hydrogen-bond acceptors (Lipinski definition) is 3. The van der Waals surface area contributed by atoms with Crippen LogP contribution in [0.1, 0.15) is 52.2 Å². The van der Waals surface area contributed by atoms with Crippen molar-refractivity contribution in [3.8, 4) is 0 Å². The van der Waals surface area contributed by atoms with Crippen LogP contribution < -0.4 is 5.73 Å². The first kappa shape index (κ1) is 28.4. The number of halogens is 1. The van der Waals surface area contributed by atoms with Gasteiger partial charge in [-0.25, -0.2) is 4.98 Å². The fourth-order valence-electron chi connectivity index (χ4n) is 6.18. The largest absolute Gasteiger partial charge is 0.378 e. The molecule has 0 radical (unpaired) electrons. The Hall–Kier alpha value is -4.71. The van der Waals surface area contributed by atoms with Gasteiger partial charge in [0.25, 0.3) is 0 Å². The van der Waals surface area contributed by atoms with Crippen molar-refractivity contribution in [3.63, 3.8) is 0 Å². The Balaban J connectivity index is 1.57. The summed E-state index contributed by atoms with van der Waals surface area (Å²) in [7, 11) is 0. The third-order valence-electron chi connectivity index (χ3n) is 8.43. The number of hydrogen-bond donors (Lipinski definition) is 2. The van der Waals surface area contributed by atoms with E-state index in [-0.39, 0.29) is 11.5 Å². The minimum atomic E-state index is -1.43. The molecule has 0 spiro atoms. The molecule has 5 nitrogen and oxygen atoms in total. The average Bonchev–Trinajstić information content (AvgIpc) is 3.53. The lowest BCUT2D eigenvalue weighted by Crippen LogP contribution is -2.37. The zero-order valence-electron chi connectivity index (χ0n) is 24.0. The number of aromatic nitrogens is 2. The molecule has 1 atom stereocenters. The average molecular weight is 586 g/mol. The van der Waals surface area contributed by atoms with Gasteiger partial charge >= 0.3 is 0 Å². The van der Waals surface area contributed by atoms with Crippen molar-refractivity contribution in [2.24, 2.45) is 11.7 Å². The van der Waals surface area contributed by atoms with Gasteiger partial charge in [0.1, 0.15) is 11.1 Å². The van der Waals surface area contributed by atoms with Crippen LogP contribution in [0.25, 0.3) is 10.8 Å². The van der Waals surface area contributed by atoms with Crippen molar-refractivity contribution in [3.05, 3.63) is 172 Å². The summed E-state index contributed by atoms with van der Waals surface area (Å²) in [5.74, 6) is -0.813. The van der Waals surface area contributed by atoms with Crippen LogP contribution in [0.15, 0.2) is 134 Å². The highest BCUT2D eigenvalue weighted by Crippen LogP contribution is 2.43. The lowest BCUT2D eigenvalue weighted by atomic mass is 9.76. The number of aliphatic hydroxyl groups is 1. The summed E-state index contributed by atoms with van der Waals surface area (Å²) >= 11 is 6.53. The summed E-state index contributed by atoms with van der Waals surface area (Å²) in [6.07, 6.45) is 3.77. The normalized spacial score (nSPS) is 13.2. The van der Waals surface area contributed by atoms with Gasteiger partial charge in [0.2, 0.25) is 5.91 Å². The van der Waals surface area contributed by atoms with E-state index in [0.717, 1.165) is 22.1 Å². The second kappa shape index (κ2) is 11.2. The Morgan fingerprint density at radius 2 is 1.33 bits per heavy atom. The number of carbonyl (C=O) groups is 1. The summed E-state index contributed by atoms with van der Waals surface area (Å²) < 4.78 is 2.10. The molecule has 0 saturated carbocycles. The van der Waals surface area contributed by atoms with E-state index < -0.39 is 17.0 Å². The van der Waals surface area contributed by atoms with Gasteiger partial charge in [-0.2, -0.15) is 0 Å². The van der Waals surface area contributed by atoms with Gasteiger partial charge in [0.05, 0.1) is 22.6 Å². The van der Waals surface area contributed by atoms with Gasteiger partial charge in [-0.3, -0.25) is 4.79 Å². The number of benzene rings is 5. The molecule has 6 heteroatoms. The Labute approximate surface area is 256 Å². The first-order valence-electron chi connectivity index (χ1n) is 14.2. The van der Waals surface area contributed by atoms with Gasteiger partial charge in [-0.1, -0.05) is 135 Å². The standard InChI is InChI=1S/C37H32ClN3O2/c1-25(2)37(43,30-19-21-31-26(22-30)18-20-32(34(31)38)35(39)42)33-23-41(24-40-33)36(27-12-6-3-7-13-27,28-14-8-4-9-15-28)29-16-10-5-11-17-29/h3-25,43H,1-2H3,(H2,39,42). The van der Waals surface area contributed by atoms with Crippen LogP contribution >= 0.6 is 11.6 Å². The maximum atomic E-state index is 12.5. The highest BCUT2D eigenvalue weighted by atomic mass is 35.5. The summed E-state index contributed by atoms with van der Waals surface area (Å²) in [6.45, 7) is 3.95. The summed E-state index contributed by atoms with van der Waals surface area (Å²) in [5, 5.41) is 14.3. The van der Waals surface area contributed by atoms with Crippen molar-refractivity contribution in [1.82, 2.24) is 9.55 Å². The molecule has 43 heavy (non-hydrogen) atoms. The van der Waals surface area contributed by atoms with Gasteiger partial charge in [-0.15, -0.1) is 0 Å². The maximum absolute atomic E-state index is 12.5. The van der Waals surface area contributed by atoms with Gasteiger partial charge < -0.3 is 15.4 Å². The molecule has 6 aromatic rings. The lowest BCUT2D eigenvalue weighted by molar-refractivity contribution is 0.0279. The number of fused-ring (bicyclic) bond motifs is 1. The first-order valence-corrected chi connectivity index (χ1v) is 14.6. The van der Waals surface area contributed by atoms with Gasteiger partial charge in [0, 0.05) is 11.6 Å². The minimum absolute atomic E-state index is 0.228. The van der Waals surface area contributed by atoms with Gasteiger partial charge in [-0.05, 0) is 45.7 Å². The van der Waals surface area contributed by atoms with Crippen LogP contribution in [0.2, 0.25) is 5.02 Å². The van der Waals surface area contributed by atoms with Crippen molar-refractivity contribution in [1.29, 1.82) is 0 Å². The molecule has 0 aliphatic rings. The molecule has 0 aliphatic carbocycles. The third kappa shape index (κ3) is 4.62. The predicted octanol–water partition coefficient (Wildman–Crippen LogP) is 7.52. The van der Waals surface area contributed by atoms with Crippen LogP contribution in [0.4, 0.5) is 0 Å². The van der Waals surface area contributed by atoms with E-state index in [9.17, 15) is 9.90 Å². The summed E-state index contributed by atoms with van der Waals surface area (Å²) in [4.78, 5) is 16.7. The fraction of sp³-hybridized carbons (Fsp3) is 0.135. The second-order valence-electron chi connectivity index (χ2n) is 11.1. The summed E-state index contributed by atoms with van der Waals surface area (Å²) in [6, 6.07) is 40.1. The summed E-state index contributed by atoms with van der Waals surface area (Å²) in [5.41, 5.74) is 7.98. The second-order valence-corrected chi connectivity index (χ2v) is 11.5. The van der Waals surface area contributed by atoms with Gasteiger partial charge in [0.15, 0.2) is 0 Å². The number of primary amides is 1. The molecule has 3 N–H and O–H groups in total. The Bertz CT molecular complexity index is 1810. The zero-order chi connectivity index (χ0) is 30.2. The Kier molecular flexibility index (Phi) is 7.38. The van der Waals surface area contributed by atoms with Crippen molar-refractivity contribution in [2.45, 2.75) is 25.0 Å². The topological polar surface area (TPSA) is 81.1 Å². The molecule has 214 valence electrons. The number of nitrogens with two attached hydrogens (primary N) is 1. The number of amides is 1. The number of nitrogens with zero attached hydrogens (tertiary/aromatic N) is 2. The minimum Gasteiger partial charge on any atom is -0.378 e. The molecule has 0 bridgehead atoms.